The number of piperazine rings is 1. The molecule has 0 unspecified atom stereocenters. The van der Waals surface area contributed by atoms with Crippen molar-refractivity contribution in [1.29, 1.82) is 0 Å². The van der Waals surface area contributed by atoms with Gasteiger partial charge in [-0.3, -0.25) is 4.90 Å². The third kappa shape index (κ3) is 3.20. The standard InChI is InChI=1S/C15H18ClN3S/c1-11-8-17-6-7-19(11)9-14-10-20-15(18-14)12-2-4-13(16)5-3-12/h2-5,10-11,17H,6-9H2,1H3/t11-/m0/s1. The van der Waals surface area contributed by atoms with Crippen LogP contribution in [0.25, 0.3) is 10.6 Å². The Kier molecular flexibility index (Phi) is 4.36. The lowest BCUT2D eigenvalue weighted by Crippen LogP contribution is -2.49. The maximum atomic E-state index is 5.92. The second-order valence-electron chi connectivity index (χ2n) is 5.17. The Morgan fingerprint density at radius 1 is 1.40 bits per heavy atom. The topological polar surface area (TPSA) is 28.2 Å². The highest BCUT2D eigenvalue weighted by molar-refractivity contribution is 7.13. The third-order valence-electron chi connectivity index (χ3n) is 3.65. The van der Waals surface area contributed by atoms with Gasteiger partial charge in [0.25, 0.3) is 0 Å². The predicted molar refractivity (Wildman–Crippen MR) is 85.3 cm³/mol. The number of rotatable bonds is 3. The van der Waals surface area contributed by atoms with E-state index < -0.39 is 0 Å². The fourth-order valence-electron chi connectivity index (χ4n) is 2.43. The fraction of sp³-hybridized carbons (Fsp3) is 0.400. The van der Waals surface area contributed by atoms with Gasteiger partial charge in [0.1, 0.15) is 5.01 Å². The Bertz CT molecular complexity index is 567. The Hall–Kier alpha value is -0.940. The maximum Gasteiger partial charge on any atom is 0.123 e. The van der Waals surface area contributed by atoms with Gasteiger partial charge in [-0.15, -0.1) is 11.3 Å². The first-order valence-electron chi connectivity index (χ1n) is 6.87. The summed E-state index contributed by atoms with van der Waals surface area (Å²) in [7, 11) is 0. The average Bonchev–Trinajstić information content (AvgIpc) is 2.91. The maximum absolute atomic E-state index is 5.92. The van der Waals surface area contributed by atoms with E-state index >= 15 is 0 Å². The zero-order valence-electron chi connectivity index (χ0n) is 11.5. The number of aromatic nitrogens is 1. The van der Waals surface area contributed by atoms with Crippen LogP contribution in [0, 0.1) is 0 Å². The van der Waals surface area contributed by atoms with E-state index in [4.69, 9.17) is 16.6 Å². The first-order valence-corrected chi connectivity index (χ1v) is 8.13. The molecule has 1 fully saturated rings. The van der Waals surface area contributed by atoms with Crippen LogP contribution in [0.2, 0.25) is 5.02 Å². The highest BCUT2D eigenvalue weighted by Crippen LogP contribution is 2.25. The van der Waals surface area contributed by atoms with Crippen molar-refractivity contribution in [3.63, 3.8) is 0 Å². The summed E-state index contributed by atoms with van der Waals surface area (Å²) in [6.07, 6.45) is 0. The molecular weight excluding hydrogens is 290 g/mol. The van der Waals surface area contributed by atoms with Gasteiger partial charge >= 0.3 is 0 Å². The number of halogens is 1. The highest BCUT2D eigenvalue weighted by atomic mass is 35.5. The molecule has 1 saturated heterocycles. The summed E-state index contributed by atoms with van der Waals surface area (Å²) < 4.78 is 0. The van der Waals surface area contributed by atoms with E-state index in [9.17, 15) is 0 Å². The summed E-state index contributed by atoms with van der Waals surface area (Å²) in [4.78, 5) is 7.24. The number of hydrogen-bond donors (Lipinski definition) is 1. The van der Waals surface area contributed by atoms with Crippen LogP contribution in [-0.2, 0) is 6.54 Å². The number of benzene rings is 1. The molecule has 0 saturated carbocycles. The van der Waals surface area contributed by atoms with E-state index in [1.54, 1.807) is 11.3 Å². The van der Waals surface area contributed by atoms with Crippen molar-refractivity contribution in [2.24, 2.45) is 0 Å². The molecule has 1 aliphatic heterocycles. The summed E-state index contributed by atoms with van der Waals surface area (Å²) in [5, 5.41) is 7.41. The second-order valence-corrected chi connectivity index (χ2v) is 6.47. The van der Waals surface area contributed by atoms with Crippen LogP contribution in [0.4, 0.5) is 0 Å². The first kappa shape index (κ1) is 14.0. The van der Waals surface area contributed by atoms with Crippen molar-refractivity contribution in [2.45, 2.75) is 19.5 Å². The first-order chi connectivity index (χ1) is 9.72. The van der Waals surface area contributed by atoms with Crippen molar-refractivity contribution in [2.75, 3.05) is 19.6 Å². The van der Waals surface area contributed by atoms with Crippen LogP contribution in [-0.4, -0.2) is 35.6 Å². The molecule has 0 radical (unpaired) electrons. The van der Waals surface area contributed by atoms with Gasteiger partial charge in [0.05, 0.1) is 5.69 Å². The second kappa shape index (κ2) is 6.22. The van der Waals surface area contributed by atoms with Crippen molar-refractivity contribution in [1.82, 2.24) is 15.2 Å². The van der Waals surface area contributed by atoms with Crippen molar-refractivity contribution in [3.05, 3.63) is 40.4 Å². The lowest BCUT2D eigenvalue weighted by Gasteiger charge is -2.33. The molecule has 2 heterocycles. The molecule has 0 aliphatic carbocycles. The van der Waals surface area contributed by atoms with Crippen LogP contribution < -0.4 is 5.32 Å². The molecule has 106 valence electrons. The third-order valence-corrected chi connectivity index (χ3v) is 4.84. The summed E-state index contributed by atoms with van der Waals surface area (Å²) in [6, 6.07) is 8.45. The zero-order valence-corrected chi connectivity index (χ0v) is 13.0. The van der Waals surface area contributed by atoms with E-state index in [1.165, 1.54) is 0 Å². The molecule has 1 aliphatic rings. The molecule has 1 atom stereocenters. The smallest absolute Gasteiger partial charge is 0.123 e. The number of nitrogens with zero attached hydrogens (tertiary/aromatic N) is 2. The van der Waals surface area contributed by atoms with Crippen LogP contribution >= 0.6 is 22.9 Å². The fourth-order valence-corrected chi connectivity index (χ4v) is 3.37. The van der Waals surface area contributed by atoms with Gasteiger partial charge in [-0.05, 0) is 19.1 Å². The van der Waals surface area contributed by atoms with Crippen molar-refractivity contribution < 1.29 is 0 Å². The molecule has 3 rings (SSSR count). The Balaban J connectivity index is 1.71. The number of thiazole rings is 1. The summed E-state index contributed by atoms with van der Waals surface area (Å²) in [5.74, 6) is 0. The summed E-state index contributed by atoms with van der Waals surface area (Å²) >= 11 is 7.62. The zero-order chi connectivity index (χ0) is 13.9. The number of hydrogen-bond acceptors (Lipinski definition) is 4. The van der Waals surface area contributed by atoms with Crippen molar-refractivity contribution >= 4 is 22.9 Å². The Morgan fingerprint density at radius 2 is 2.20 bits per heavy atom. The molecule has 0 amide bonds. The molecule has 1 N–H and O–H groups in total. The lowest BCUT2D eigenvalue weighted by atomic mass is 10.2. The minimum absolute atomic E-state index is 0.574. The van der Waals surface area contributed by atoms with Crippen LogP contribution in [0.15, 0.2) is 29.6 Å². The molecule has 1 aromatic carbocycles. The van der Waals surface area contributed by atoms with E-state index in [0.29, 0.717) is 6.04 Å². The molecular formula is C15H18ClN3S. The molecule has 0 spiro atoms. The average molecular weight is 308 g/mol. The van der Waals surface area contributed by atoms with E-state index in [-0.39, 0.29) is 0 Å². The van der Waals surface area contributed by atoms with Gasteiger partial charge in [0.2, 0.25) is 0 Å². The predicted octanol–water partition coefficient (Wildman–Crippen LogP) is 3.26. The van der Waals surface area contributed by atoms with Gasteiger partial charge in [0, 0.05) is 48.2 Å². The van der Waals surface area contributed by atoms with Crippen molar-refractivity contribution in [3.8, 4) is 10.6 Å². The minimum atomic E-state index is 0.574. The molecule has 5 heteroatoms. The van der Waals surface area contributed by atoms with Crippen LogP contribution in [0.5, 0.6) is 0 Å². The Morgan fingerprint density at radius 3 is 2.95 bits per heavy atom. The van der Waals surface area contributed by atoms with E-state index in [1.807, 2.05) is 24.3 Å². The molecule has 1 aromatic heterocycles. The highest BCUT2D eigenvalue weighted by Gasteiger charge is 2.18. The van der Waals surface area contributed by atoms with Gasteiger partial charge in [-0.2, -0.15) is 0 Å². The quantitative estimate of drug-likeness (QED) is 0.943. The molecule has 20 heavy (non-hydrogen) atoms. The molecule has 2 aromatic rings. The summed E-state index contributed by atoms with van der Waals surface area (Å²) in [6.45, 7) is 6.42. The molecule has 3 nitrogen and oxygen atoms in total. The largest absolute Gasteiger partial charge is 0.314 e. The van der Waals surface area contributed by atoms with E-state index in [2.05, 4.69) is 22.5 Å². The Labute approximate surface area is 128 Å². The summed E-state index contributed by atoms with van der Waals surface area (Å²) in [5.41, 5.74) is 2.30. The lowest BCUT2D eigenvalue weighted by molar-refractivity contribution is 0.164. The van der Waals surface area contributed by atoms with Gasteiger partial charge in [0.15, 0.2) is 0 Å². The van der Waals surface area contributed by atoms with Crippen LogP contribution in [0.3, 0.4) is 0 Å². The minimum Gasteiger partial charge on any atom is -0.314 e. The van der Waals surface area contributed by atoms with Gasteiger partial charge < -0.3 is 5.32 Å². The normalized spacial score (nSPS) is 20.2. The van der Waals surface area contributed by atoms with Gasteiger partial charge in [-0.25, -0.2) is 4.98 Å². The van der Waals surface area contributed by atoms with Gasteiger partial charge in [-0.1, -0.05) is 23.7 Å². The SMILES string of the molecule is C[C@H]1CNCCN1Cc1csc(-c2ccc(Cl)cc2)n1. The monoisotopic (exact) mass is 307 g/mol. The van der Waals surface area contributed by atoms with Crippen LogP contribution in [0.1, 0.15) is 12.6 Å². The van der Waals surface area contributed by atoms with E-state index in [0.717, 1.165) is 47.5 Å². The number of nitrogens with one attached hydrogen (secondary N) is 1. The molecule has 0 bridgehead atoms.